The number of carbonyl (C=O) groups is 1. The van der Waals surface area contributed by atoms with Crippen LogP contribution in [0.25, 0.3) is 0 Å². The van der Waals surface area contributed by atoms with Gasteiger partial charge in [0.15, 0.2) is 0 Å². The van der Waals surface area contributed by atoms with E-state index in [4.69, 9.17) is 0 Å². The Morgan fingerprint density at radius 3 is 2.52 bits per heavy atom. The number of alkyl halides is 3. The summed E-state index contributed by atoms with van der Waals surface area (Å²) in [4.78, 5) is 16.6. The lowest BCUT2D eigenvalue weighted by Gasteiger charge is -2.12. The highest BCUT2D eigenvalue weighted by Gasteiger charge is 2.35. The molecule has 0 unspecified atom stereocenters. The number of benzene rings is 1. The maximum atomic E-state index is 14.2. The molecule has 1 fully saturated rings. The topological polar surface area (TPSA) is 47.2 Å². The van der Waals surface area contributed by atoms with Gasteiger partial charge in [-0.2, -0.15) is 23.3 Å². The zero-order valence-electron chi connectivity index (χ0n) is 15.1. The van der Waals surface area contributed by atoms with Gasteiger partial charge in [-0.1, -0.05) is 38.2 Å². The average molecular weight is 401 g/mol. The fourth-order valence-corrected chi connectivity index (χ4v) is 3.39. The van der Waals surface area contributed by atoms with Crippen LogP contribution < -0.4 is 4.80 Å². The van der Waals surface area contributed by atoms with Crippen molar-refractivity contribution in [2.45, 2.75) is 51.7 Å². The number of rotatable bonds is 3. The van der Waals surface area contributed by atoms with Crippen LogP contribution in [0.1, 0.15) is 54.5 Å². The second kappa shape index (κ2) is 6.85. The molecule has 9 heteroatoms. The Bertz CT molecular complexity index is 933. The van der Waals surface area contributed by atoms with Crippen molar-refractivity contribution in [3.05, 3.63) is 45.0 Å². The monoisotopic (exact) mass is 401 g/mol. The number of hydrogen-bond acceptors (Lipinski definition) is 3. The summed E-state index contributed by atoms with van der Waals surface area (Å²) in [5, 5.41) is 5.25. The zero-order chi connectivity index (χ0) is 20.0. The summed E-state index contributed by atoms with van der Waals surface area (Å²) in [6, 6.07) is 2.61. The number of carbonyl (C=O) groups excluding carboxylic acids is 1. The van der Waals surface area contributed by atoms with E-state index in [2.05, 4.69) is 10.1 Å². The highest BCUT2D eigenvalue weighted by molar-refractivity contribution is 7.09. The molecule has 1 aliphatic carbocycles. The van der Waals surface area contributed by atoms with Crippen LogP contribution in [-0.2, 0) is 18.1 Å². The Kier molecular flexibility index (Phi) is 5.00. The Balaban J connectivity index is 2.04. The molecule has 146 valence electrons. The number of hydrogen-bond donors (Lipinski definition) is 0. The summed E-state index contributed by atoms with van der Waals surface area (Å²) in [5.74, 6) is -2.19. The van der Waals surface area contributed by atoms with E-state index in [1.165, 1.54) is 11.3 Å². The lowest BCUT2D eigenvalue weighted by atomic mass is 9.98. The maximum Gasteiger partial charge on any atom is 0.419 e. The van der Waals surface area contributed by atoms with Crippen LogP contribution in [0.3, 0.4) is 0 Å². The molecular formula is C18H19F4N3OS. The predicted octanol–water partition coefficient (Wildman–Crippen LogP) is 4.55. The van der Waals surface area contributed by atoms with Gasteiger partial charge in [0, 0.05) is 12.0 Å². The van der Waals surface area contributed by atoms with Crippen molar-refractivity contribution in [1.82, 2.24) is 9.78 Å². The third-order valence-corrected chi connectivity index (χ3v) is 5.49. The predicted molar refractivity (Wildman–Crippen MR) is 92.8 cm³/mol. The molecule has 1 aromatic carbocycles. The van der Waals surface area contributed by atoms with E-state index >= 15 is 0 Å². The Labute approximate surface area is 157 Å². The molecule has 0 saturated heterocycles. The molecule has 3 rings (SSSR count). The molecule has 2 aromatic rings. The summed E-state index contributed by atoms with van der Waals surface area (Å²) >= 11 is 1.19. The molecule has 1 aromatic heterocycles. The summed E-state index contributed by atoms with van der Waals surface area (Å²) < 4.78 is 54.4. The van der Waals surface area contributed by atoms with E-state index in [1.807, 2.05) is 20.8 Å². The molecule has 0 bridgehead atoms. The van der Waals surface area contributed by atoms with Gasteiger partial charge in [0.05, 0.1) is 11.1 Å². The molecule has 0 radical (unpaired) electrons. The summed E-state index contributed by atoms with van der Waals surface area (Å²) in [6.45, 7) is 6.48. The minimum atomic E-state index is -4.88. The first kappa shape index (κ1) is 19.7. The first-order chi connectivity index (χ1) is 12.5. The summed E-state index contributed by atoms with van der Waals surface area (Å²) in [7, 11) is 0. The third kappa shape index (κ3) is 4.45. The SMILES string of the molecule is CC(C)(C)c1nn(CC2CC2)c(=NC(=O)c2cccc(C(F)(F)F)c2F)s1. The van der Waals surface area contributed by atoms with Crippen LogP contribution >= 0.6 is 11.3 Å². The molecule has 1 amide bonds. The van der Waals surface area contributed by atoms with Gasteiger partial charge in [-0.3, -0.25) is 4.79 Å². The second-order valence-electron chi connectivity index (χ2n) is 7.65. The standard InChI is InChI=1S/C18H19F4N3OS/c1-17(2,3)15-24-25(9-10-7-8-10)16(27-15)23-14(26)11-5-4-6-12(13(11)19)18(20,21)22/h4-6,10H,7-9H2,1-3H3. The van der Waals surface area contributed by atoms with Gasteiger partial charge in [0.2, 0.25) is 4.80 Å². The van der Waals surface area contributed by atoms with Crippen molar-refractivity contribution < 1.29 is 22.4 Å². The van der Waals surface area contributed by atoms with E-state index in [0.717, 1.165) is 30.0 Å². The minimum Gasteiger partial charge on any atom is -0.267 e. The molecule has 0 aliphatic heterocycles. The van der Waals surface area contributed by atoms with Gasteiger partial charge in [0.1, 0.15) is 10.8 Å². The molecule has 27 heavy (non-hydrogen) atoms. The average Bonchev–Trinajstić information content (AvgIpc) is 3.25. The van der Waals surface area contributed by atoms with Gasteiger partial charge < -0.3 is 0 Å². The molecule has 0 spiro atoms. The highest BCUT2D eigenvalue weighted by atomic mass is 32.1. The van der Waals surface area contributed by atoms with Crippen molar-refractivity contribution in [2.75, 3.05) is 0 Å². The quantitative estimate of drug-likeness (QED) is 0.709. The fraction of sp³-hybridized carbons (Fsp3) is 0.500. The van der Waals surface area contributed by atoms with Crippen molar-refractivity contribution in [1.29, 1.82) is 0 Å². The van der Waals surface area contributed by atoms with E-state index in [-0.39, 0.29) is 10.2 Å². The summed E-state index contributed by atoms with van der Waals surface area (Å²) in [5.41, 5.74) is -2.45. The number of aromatic nitrogens is 2. The van der Waals surface area contributed by atoms with Gasteiger partial charge in [-0.25, -0.2) is 9.07 Å². The van der Waals surface area contributed by atoms with Crippen LogP contribution in [0, 0.1) is 11.7 Å². The number of nitrogens with zero attached hydrogens (tertiary/aromatic N) is 3. The molecular weight excluding hydrogens is 382 g/mol. The van der Waals surface area contributed by atoms with Crippen LogP contribution in [-0.4, -0.2) is 15.7 Å². The smallest absolute Gasteiger partial charge is 0.267 e. The van der Waals surface area contributed by atoms with Gasteiger partial charge >= 0.3 is 6.18 Å². The molecule has 1 aliphatic rings. The Hall–Kier alpha value is -2.03. The first-order valence-electron chi connectivity index (χ1n) is 8.50. The molecule has 1 saturated carbocycles. The lowest BCUT2D eigenvalue weighted by Crippen LogP contribution is -2.20. The van der Waals surface area contributed by atoms with Gasteiger partial charge in [0.25, 0.3) is 5.91 Å². The third-order valence-electron chi connectivity index (χ3n) is 4.12. The number of amides is 1. The van der Waals surface area contributed by atoms with E-state index in [9.17, 15) is 22.4 Å². The van der Waals surface area contributed by atoms with E-state index in [0.29, 0.717) is 18.5 Å². The largest absolute Gasteiger partial charge is 0.419 e. The van der Waals surface area contributed by atoms with Crippen LogP contribution in [0.2, 0.25) is 0 Å². The van der Waals surface area contributed by atoms with Crippen molar-refractivity contribution in [2.24, 2.45) is 10.9 Å². The van der Waals surface area contributed by atoms with E-state index in [1.54, 1.807) is 4.68 Å². The lowest BCUT2D eigenvalue weighted by molar-refractivity contribution is -0.140. The second-order valence-corrected chi connectivity index (χ2v) is 8.60. The molecule has 4 nitrogen and oxygen atoms in total. The first-order valence-corrected chi connectivity index (χ1v) is 9.31. The molecule has 0 N–H and O–H groups in total. The molecule has 1 heterocycles. The Morgan fingerprint density at radius 2 is 1.96 bits per heavy atom. The Morgan fingerprint density at radius 1 is 1.30 bits per heavy atom. The van der Waals surface area contributed by atoms with Crippen LogP contribution in [0.5, 0.6) is 0 Å². The molecule has 0 atom stereocenters. The van der Waals surface area contributed by atoms with E-state index < -0.39 is 29.0 Å². The van der Waals surface area contributed by atoms with Crippen molar-refractivity contribution in [3.8, 4) is 0 Å². The van der Waals surface area contributed by atoms with Gasteiger partial charge in [-0.15, -0.1) is 0 Å². The number of halogens is 4. The van der Waals surface area contributed by atoms with Gasteiger partial charge in [-0.05, 0) is 30.9 Å². The van der Waals surface area contributed by atoms with Crippen molar-refractivity contribution in [3.63, 3.8) is 0 Å². The van der Waals surface area contributed by atoms with Crippen molar-refractivity contribution >= 4 is 17.2 Å². The zero-order valence-corrected chi connectivity index (χ0v) is 15.9. The maximum absolute atomic E-state index is 14.2. The minimum absolute atomic E-state index is 0.270. The fourth-order valence-electron chi connectivity index (χ4n) is 2.42. The van der Waals surface area contributed by atoms with Crippen LogP contribution in [0.15, 0.2) is 23.2 Å². The van der Waals surface area contributed by atoms with Crippen LogP contribution in [0.4, 0.5) is 17.6 Å². The normalized spacial score (nSPS) is 16.0. The highest BCUT2D eigenvalue weighted by Crippen LogP contribution is 2.33. The summed E-state index contributed by atoms with van der Waals surface area (Å²) in [6.07, 6.45) is -2.76.